The second kappa shape index (κ2) is 8.17. The van der Waals surface area contributed by atoms with Crippen molar-refractivity contribution in [2.75, 3.05) is 0 Å². The molecule has 3 rings (SSSR count). The molecule has 1 saturated carbocycles. The SMILES string of the molecule is CCCC1CCC(N(Cc2ccn(C)n2)Cc2cc(C)n(C)n2)CC1. The summed E-state index contributed by atoms with van der Waals surface area (Å²) in [7, 11) is 4.02. The highest BCUT2D eigenvalue weighted by Crippen LogP contribution is 2.31. The fraction of sp³-hybridized carbons (Fsp3) is 0.700. The van der Waals surface area contributed by atoms with Crippen molar-refractivity contribution in [3.8, 4) is 0 Å². The molecular formula is C20H33N5. The van der Waals surface area contributed by atoms with Crippen LogP contribution in [0.5, 0.6) is 0 Å². The van der Waals surface area contributed by atoms with E-state index in [0.717, 1.165) is 24.7 Å². The summed E-state index contributed by atoms with van der Waals surface area (Å²) in [4.78, 5) is 2.60. The zero-order valence-electron chi connectivity index (χ0n) is 16.3. The van der Waals surface area contributed by atoms with Crippen LogP contribution >= 0.6 is 0 Å². The molecule has 2 aromatic heterocycles. The molecule has 138 valence electrons. The van der Waals surface area contributed by atoms with Crippen LogP contribution in [0.15, 0.2) is 18.3 Å². The first-order chi connectivity index (χ1) is 12.0. The molecule has 5 heteroatoms. The van der Waals surface area contributed by atoms with E-state index < -0.39 is 0 Å². The van der Waals surface area contributed by atoms with Gasteiger partial charge >= 0.3 is 0 Å². The van der Waals surface area contributed by atoms with E-state index in [2.05, 4.69) is 41.1 Å². The molecule has 2 heterocycles. The Kier molecular flexibility index (Phi) is 5.94. The van der Waals surface area contributed by atoms with Gasteiger partial charge in [-0.25, -0.2) is 0 Å². The van der Waals surface area contributed by atoms with Crippen molar-refractivity contribution < 1.29 is 0 Å². The lowest BCUT2D eigenvalue weighted by atomic mass is 9.83. The van der Waals surface area contributed by atoms with Crippen molar-refractivity contribution in [1.82, 2.24) is 24.5 Å². The smallest absolute Gasteiger partial charge is 0.0767 e. The maximum atomic E-state index is 4.69. The number of rotatable bonds is 7. The van der Waals surface area contributed by atoms with Crippen LogP contribution in [-0.2, 0) is 27.2 Å². The molecule has 0 aliphatic heterocycles. The first-order valence-electron chi connectivity index (χ1n) is 9.77. The predicted octanol–water partition coefficient (Wildman–Crippen LogP) is 3.82. The summed E-state index contributed by atoms with van der Waals surface area (Å²) in [5.41, 5.74) is 3.55. The predicted molar refractivity (Wildman–Crippen MR) is 101 cm³/mol. The Morgan fingerprint density at radius 1 is 1.08 bits per heavy atom. The van der Waals surface area contributed by atoms with Gasteiger partial charge in [-0.15, -0.1) is 0 Å². The van der Waals surface area contributed by atoms with Crippen LogP contribution in [0.2, 0.25) is 0 Å². The zero-order valence-corrected chi connectivity index (χ0v) is 16.3. The minimum atomic E-state index is 0.650. The Morgan fingerprint density at radius 2 is 1.80 bits per heavy atom. The maximum Gasteiger partial charge on any atom is 0.0767 e. The first-order valence-corrected chi connectivity index (χ1v) is 9.77. The molecule has 25 heavy (non-hydrogen) atoms. The lowest BCUT2D eigenvalue weighted by Gasteiger charge is -2.36. The number of aromatic nitrogens is 4. The summed E-state index contributed by atoms with van der Waals surface area (Å²) >= 11 is 0. The molecule has 5 nitrogen and oxygen atoms in total. The molecule has 0 atom stereocenters. The molecule has 0 spiro atoms. The normalized spacial score (nSPS) is 21.2. The maximum absolute atomic E-state index is 4.69. The van der Waals surface area contributed by atoms with E-state index in [0.29, 0.717) is 6.04 Å². The number of hydrogen-bond donors (Lipinski definition) is 0. The molecule has 0 bridgehead atoms. The van der Waals surface area contributed by atoms with Gasteiger partial charge in [0.1, 0.15) is 0 Å². The zero-order chi connectivity index (χ0) is 17.8. The van der Waals surface area contributed by atoms with Gasteiger partial charge in [0.2, 0.25) is 0 Å². The van der Waals surface area contributed by atoms with Crippen LogP contribution in [0.1, 0.15) is 62.5 Å². The van der Waals surface area contributed by atoms with Crippen molar-refractivity contribution in [3.05, 3.63) is 35.4 Å². The summed E-state index contributed by atoms with van der Waals surface area (Å²) in [5.74, 6) is 0.940. The van der Waals surface area contributed by atoms with Crippen molar-refractivity contribution in [3.63, 3.8) is 0 Å². The van der Waals surface area contributed by atoms with E-state index in [4.69, 9.17) is 0 Å². The van der Waals surface area contributed by atoms with E-state index in [1.165, 1.54) is 49.9 Å². The molecule has 0 N–H and O–H groups in total. The van der Waals surface area contributed by atoms with Crippen molar-refractivity contribution in [1.29, 1.82) is 0 Å². The van der Waals surface area contributed by atoms with Crippen LogP contribution in [-0.4, -0.2) is 30.5 Å². The average molecular weight is 344 g/mol. The lowest BCUT2D eigenvalue weighted by Crippen LogP contribution is -2.37. The molecule has 0 aromatic carbocycles. The van der Waals surface area contributed by atoms with Gasteiger partial charge in [0.05, 0.1) is 11.4 Å². The molecule has 0 unspecified atom stereocenters. The second-order valence-electron chi connectivity index (χ2n) is 7.75. The number of nitrogens with zero attached hydrogens (tertiary/aromatic N) is 5. The largest absolute Gasteiger partial charge is 0.289 e. The monoisotopic (exact) mass is 343 g/mol. The number of aryl methyl sites for hydroxylation is 3. The van der Waals surface area contributed by atoms with E-state index in [-0.39, 0.29) is 0 Å². The summed E-state index contributed by atoms with van der Waals surface area (Å²) in [6.45, 7) is 6.26. The Bertz CT molecular complexity index is 644. The third kappa shape index (κ3) is 4.72. The minimum absolute atomic E-state index is 0.650. The summed E-state index contributed by atoms with van der Waals surface area (Å²) in [5, 5.41) is 9.29. The summed E-state index contributed by atoms with van der Waals surface area (Å²) < 4.78 is 3.88. The summed E-state index contributed by atoms with van der Waals surface area (Å²) in [6.07, 6.45) is 10.1. The molecular weight excluding hydrogens is 310 g/mol. The van der Waals surface area contributed by atoms with Gasteiger partial charge in [-0.1, -0.05) is 19.8 Å². The molecule has 1 aliphatic rings. The van der Waals surface area contributed by atoms with Crippen LogP contribution < -0.4 is 0 Å². The van der Waals surface area contributed by atoms with Crippen molar-refractivity contribution in [2.45, 2.75) is 71.5 Å². The molecule has 0 radical (unpaired) electrons. The van der Waals surface area contributed by atoms with E-state index in [1.807, 2.05) is 29.7 Å². The fourth-order valence-corrected chi connectivity index (χ4v) is 4.20. The molecule has 1 aliphatic carbocycles. The van der Waals surface area contributed by atoms with Gasteiger partial charge in [0.25, 0.3) is 0 Å². The third-order valence-corrected chi connectivity index (χ3v) is 5.69. The quantitative estimate of drug-likeness (QED) is 0.767. The van der Waals surface area contributed by atoms with Gasteiger partial charge in [0.15, 0.2) is 0 Å². The Balaban J connectivity index is 1.70. The van der Waals surface area contributed by atoms with Gasteiger partial charge in [-0.3, -0.25) is 14.3 Å². The fourth-order valence-electron chi connectivity index (χ4n) is 4.20. The number of hydrogen-bond acceptors (Lipinski definition) is 3. The summed E-state index contributed by atoms with van der Waals surface area (Å²) in [6, 6.07) is 5.01. The first kappa shape index (κ1) is 18.2. The lowest BCUT2D eigenvalue weighted by molar-refractivity contribution is 0.116. The molecule has 1 fully saturated rings. The minimum Gasteiger partial charge on any atom is -0.289 e. The molecule has 0 saturated heterocycles. The second-order valence-corrected chi connectivity index (χ2v) is 7.75. The average Bonchev–Trinajstić information content (AvgIpc) is 3.13. The van der Waals surface area contributed by atoms with Crippen molar-refractivity contribution in [2.24, 2.45) is 20.0 Å². The van der Waals surface area contributed by atoms with E-state index in [1.54, 1.807) is 0 Å². The van der Waals surface area contributed by atoms with Gasteiger partial charge in [-0.2, -0.15) is 10.2 Å². The Morgan fingerprint density at radius 3 is 2.36 bits per heavy atom. The molecule has 2 aromatic rings. The topological polar surface area (TPSA) is 38.9 Å². The highest BCUT2D eigenvalue weighted by molar-refractivity contribution is 5.09. The van der Waals surface area contributed by atoms with Crippen LogP contribution in [0.4, 0.5) is 0 Å². The standard InChI is InChI=1S/C20H33N5/c1-5-6-17-7-9-20(10-8-17)25(14-18-11-12-23(3)21-18)15-19-13-16(2)24(4)22-19/h11-13,17,20H,5-10,14-15H2,1-4H3. The molecule has 0 amide bonds. The van der Waals surface area contributed by atoms with Crippen molar-refractivity contribution >= 4 is 0 Å². The van der Waals surface area contributed by atoms with Crippen LogP contribution in [0, 0.1) is 12.8 Å². The Labute approximate surface area is 152 Å². The third-order valence-electron chi connectivity index (χ3n) is 5.69. The van der Waals surface area contributed by atoms with Crippen LogP contribution in [0.3, 0.4) is 0 Å². The Hall–Kier alpha value is -1.62. The van der Waals surface area contributed by atoms with Gasteiger partial charge < -0.3 is 0 Å². The van der Waals surface area contributed by atoms with E-state index in [9.17, 15) is 0 Å². The highest BCUT2D eigenvalue weighted by Gasteiger charge is 2.26. The van der Waals surface area contributed by atoms with Gasteiger partial charge in [-0.05, 0) is 50.7 Å². The van der Waals surface area contributed by atoms with E-state index >= 15 is 0 Å². The van der Waals surface area contributed by atoms with Crippen LogP contribution in [0.25, 0.3) is 0 Å². The van der Waals surface area contributed by atoms with Gasteiger partial charge in [0, 0.05) is 45.1 Å². The highest BCUT2D eigenvalue weighted by atomic mass is 15.3.